The maximum absolute atomic E-state index is 13.3. The van der Waals surface area contributed by atoms with E-state index in [-0.39, 0.29) is 11.9 Å². The number of amides is 1. The van der Waals surface area contributed by atoms with Crippen molar-refractivity contribution in [1.82, 2.24) is 19.9 Å². The van der Waals surface area contributed by atoms with E-state index < -0.39 is 5.95 Å². The number of anilines is 1. The molecular formula is C15H16FN5O. The molecule has 0 spiro atoms. The van der Waals surface area contributed by atoms with Crippen LogP contribution in [0.1, 0.15) is 17.4 Å². The van der Waals surface area contributed by atoms with Crippen molar-refractivity contribution in [3.05, 3.63) is 48.4 Å². The van der Waals surface area contributed by atoms with Crippen molar-refractivity contribution in [3.63, 3.8) is 0 Å². The Labute approximate surface area is 127 Å². The van der Waals surface area contributed by atoms with Crippen LogP contribution in [0.25, 0.3) is 0 Å². The Morgan fingerprint density at radius 1 is 1.32 bits per heavy atom. The molecule has 2 aromatic rings. The second-order valence-corrected chi connectivity index (χ2v) is 5.20. The number of aromatic nitrogens is 3. The lowest BCUT2D eigenvalue weighted by Crippen LogP contribution is -2.54. The third-order valence-corrected chi connectivity index (χ3v) is 3.69. The van der Waals surface area contributed by atoms with Gasteiger partial charge in [-0.1, -0.05) is 6.07 Å². The number of rotatable bonds is 2. The van der Waals surface area contributed by atoms with Crippen LogP contribution in [0, 0.1) is 5.95 Å². The van der Waals surface area contributed by atoms with Gasteiger partial charge in [-0.3, -0.25) is 9.78 Å². The van der Waals surface area contributed by atoms with Crippen LogP contribution in [0.3, 0.4) is 0 Å². The summed E-state index contributed by atoms with van der Waals surface area (Å²) in [6.45, 7) is 3.66. The monoisotopic (exact) mass is 301 g/mol. The number of carbonyl (C=O) groups excluding carboxylic acids is 1. The number of carbonyl (C=O) groups is 1. The molecule has 1 amide bonds. The molecule has 6 nitrogen and oxygen atoms in total. The summed E-state index contributed by atoms with van der Waals surface area (Å²) in [5.74, 6) is -0.0336. The van der Waals surface area contributed by atoms with Crippen molar-refractivity contribution in [2.24, 2.45) is 0 Å². The van der Waals surface area contributed by atoms with Crippen molar-refractivity contribution in [1.29, 1.82) is 0 Å². The zero-order valence-corrected chi connectivity index (χ0v) is 12.2. The summed E-state index contributed by atoms with van der Waals surface area (Å²) in [5, 5.41) is 0. The molecule has 0 radical (unpaired) electrons. The first-order chi connectivity index (χ1) is 10.6. The van der Waals surface area contributed by atoms with Gasteiger partial charge in [-0.25, -0.2) is 9.97 Å². The molecule has 0 bridgehead atoms. The van der Waals surface area contributed by atoms with Crippen molar-refractivity contribution in [2.45, 2.75) is 13.0 Å². The van der Waals surface area contributed by atoms with Crippen molar-refractivity contribution >= 4 is 11.7 Å². The fraction of sp³-hybridized carbons (Fsp3) is 0.333. The van der Waals surface area contributed by atoms with Gasteiger partial charge >= 0.3 is 0 Å². The Kier molecular flexibility index (Phi) is 3.95. The predicted molar refractivity (Wildman–Crippen MR) is 78.9 cm³/mol. The molecule has 2 aromatic heterocycles. The predicted octanol–water partition coefficient (Wildman–Crippen LogP) is 1.36. The molecule has 0 saturated carbocycles. The molecule has 0 aliphatic carbocycles. The second-order valence-electron chi connectivity index (χ2n) is 5.20. The largest absolute Gasteiger partial charge is 0.350 e. The lowest BCUT2D eigenvalue weighted by molar-refractivity contribution is 0.0719. The number of piperazine rings is 1. The van der Waals surface area contributed by atoms with Gasteiger partial charge in [0.2, 0.25) is 5.95 Å². The molecule has 0 N–H and O–H groups in total. The summed E-state index contributed by atoms with van der Waals surface area (Å²) in [7, 11) is 0. The number of pyridine rings is 1. The molecule has 1 fully saturated rings. The molecule has 0 aromatic carbocycles. The Balaban J connectivity index is 1.71. The fourth-order valence-corrected chi connectivity index (χ4v) is 2.61. The zero-order valence-electron chi connectivity index (χ0n) is 12.2. The van der Waals surface area contributed by atoms with Gasteiger partial charge in [0.05, 0.1) is 6.20 Å². The van der Waals surface area contributed by atoms with E-state index in [1.54, 1.807) is 17.0 Å². The fourth-order valence-electron chi connectivity index (χ4n) is 2.61. The van der Waals surface area contributed by atoms with Gasteiger partial charge in [-0.05, 0) is 19.1 Å². The lowest BCUT2D eigenvalue weighted by atomic mass is 10.1. The standard InChI is InChI=1S/C15H16FN5O/c1-11-10-20(15(22)12-9-17-5-6-18-12)7-8-21(11)14-4-2-3-13(16)19-14/h2-6,9,11H,7-8,10H2,1H3. The van der Waals surface area contributed by atoms with Gasteiger partial charge < -0.3 is 9.80 Å². The van der Waals surface area contributed by atoms with Gasteiger partial charge in [0.15, 0.2) is 0 Å². The minimum Gasteiger partial charge on any atom is -0.350 e. The van der Waals surface area contributed by atoms with Crippen molar-refractivity contribution < 1.29 is 9.18 Å². The normalized spacial score (nSPS) is 18.4. The van der Waals surface area contributed by atoms with E-state index in [0.717, 1.165) is 0 Å². The van der Waals surface area contributed by atoms with Gasteiger partial charge in [0, 0.05) is 38.1 Å². The first kappa shape index (κ1) is 14.4. The smallest absolute Gasteiger partial charge is 0.274 e. The maximum Gasteiger partial charge on any atom is 0.274 e. The molecular weight excluding hydrogens is 285 g/mol. The van der Waals surface area contributed by atoms with Crippen LogP contribution in [-0.2, 0) is 0 Å². The van der Waals surface area contributed by atoms with Crippen molar-refractivity contribution in [2.75, 3.05) is 24.5 Å². The molecule has 3 rings (SSSR count). The van der Waals surface area contributed by atoms with E-state index in [9.17, 15) is 9.18 Å². The average molecular weight is 301 g/mol. The molecule has 114 valence electrons. The van der Waals surface area contributed by atoms with E-state index in [1.807, 2.05) is 11.8 Å². The quantitative estimate of drug-likeness (QED) is 0.784. The average Bonchev–Trinajstić information content (AvgIpc) is 2.55. The Bertz CT molecular complexity index is 666. The van der Waals surface area contributed by atoms with Gasteiger partial charge in [-0.2, -0.15) is 4.39 Å². The molecule has 1 saturated heterocycles. The zero-order chi connectivity index (χ0) is 15.5. The lowest BCUT2D eigenvalue weighted by Gasteiger charge is -2.40. The topological polar surface area (TPSA) is 62.2 Å². The highest BCUT2D eigenvalue weighted by Crippen LogP contribution is 2.19. The Morgan fingerprint density at radius 2 is 2.18 bits per heavy atom. The second kappa shape index (κ2) is 6.05. The Hall–Kier alpha value is -2.57. The summed E-state index contributed by atoms with van der Waals surface area (Å²) in [6, 6.07) is 4.78. The van der Waals surface area contributed by atoms with E-state index in [0.29, 0.717) is 31.1 Å². The van der Waals surface area contributed by atoms with Crippen LogP contribution in [0.15, 0.2) is 36.8 Å². The van der Waals surface area contributed by atoms with E-state index in [1.165, 1.54) is 24.7 Å². The van der Waals surface area contributed by atoms with Crippen LogP contribution in [-0.4, -0.2) is 51.4 Å². The first-order valence-corrected chi connectivity index (χ1v) is 7.09. The summed E-state index contributed by atoms with van der Waals surface area (Å²) in [4.78, 5) is 28.0. The summed E-state index contributed by atoms with van der Waals surface area (Å²) >= 11 is 0. The van der Waals surface area contributed by atoms with Crippen molar-refractivity contribution in [3.8, 4) is 0 Å². The summed E-state index contributed by atoms with van der Waals surface area (Å²) in [6.07, 6.45) is 4.50. The SMILES string of the molecule is CC1CN(C(=O)c2cnccn2)CCN1c1cccc(F)n1. The highest BCUT2D eigenvalue weighted by Gasteiger charge is 2.28. The van der Waals surface area contributed by atoms with Gasteiger partial charge in [0.1, 0.15) is 11.5 Å². The molecule has 1 aliphatic rings. The summed E-state index contributed by atoms with van der Waals surface area (Å²) < 4.78 is 13.3. The first-order valence-electron chi connectivity index (χ1n) is 7.09. The third-order valence-electron chi connectivity index (χ3n) is 3.69. The minimum absolute atomic E-state index is 0.0451. The molecule has 3 heterocycles. The van der Waals surface area contributed by atoms with E-state index in [4.69, 9.17) is 0 Å². The maximum atomic E-state index is 13.3. The highest BCUT2D eigenvalue weighted by atomic mass is 19.1. The van der Waals surface area contributed by atoms with Crippen LogP contribution in [0.4, 0.5) is 10.2 Å². The molecule has 1 unspecified atom stereocenters. The van der Waals surface area contributed by atoms with Gasteiger partial charge in [0.25, 0.3) is 5.91 Å². The molecule has 1 atom stereocenters. The highest BCUT2D eigenvalue weighted by molar-refractivity contribution is 5.92. The van der Waals surface area contributed by atoms with E-state index in [2.05, 4.69) is 15.0 Å². The van der Waals surface area contributed by atoms with Crippen LogP contribution < -0.4 is 4.90 Å². The number of hydrogen-bond acceptors (Lipinski definition) is 5. The minimum atomic E-state index is -0.497. The van der Waals surface area contributed by atoms with Crippen LogP contribution in [0.2, 0.25) is 0 Å². The molecule has 1 aliphatic heterocycles. The Morgan fingerprint density at radius 3 is 2.86 bits per heavy atom. The van der Waals surface area contributed by atoms with Crippen LogP contribution >= 0.6 is 0 Å². The van der Waals surface area contributed by atoms with Crippen LogP contribution in [0.5, 0.6) is 0 Å². The van der Waals surface area contributed by atoms with Gasteiger partial charge in [-0.15, -0.1) is 0 Å². The number of nitrogens with zero attached hydrogens (tertiary/aromatic N) is 5. The number of hydrogen-bond donors (Lipinski definition) is 0. The third kappa shape index (κ3) is 2.88. The molecule has 7 heteroatoms. The molecule has 22 heavy (non-hydrogen) atoms. The summed E-state index contributed by atoms with van der Waals surface area (Å²) in [5.41, 5.74) is 0.340. The van der Waals surface area contributed by atoms with E-state index >= 15 is 0 Å². The number of halogens is 1.